The molecular weight excluding hydrogens is 348 g/mol. The SMILES string of the molecule is CNC(c1cc(Cl)ccc1Br)c1ccc(C)c(F)c1F. The molecule has 0 aliphatic rings. The van der Waals surface area contributed by atoms with Crippen molar-refractivity contribution in [3.05, 3.63) is 68.2 Å². The zero-order valence-electron chi connectivity index (χ0n) is 11.0. The fourth-order valence-corrected chi connectivity index (χ4v) is 2.75. The van der Waals surface area contributed by atoms with E-state index in [-0.39, 0.29) is 11.1 Å². The number of aryl methyl sites for hydroxylation is 1. The summed E-state index contributed by atoms with van der Waals surface area (Å²) in [6.45, 7) is 1.53. The maximum absolute atomic E-state index is 14.2. The van der Waals surface area contributed by atoms with Gasteiger partial charge in [-0.1, -0.05) is 39.7 Å². The number of rotatable bonds is 3. The largest absolute Gasteiger partial charge is 0.309 e. The van der Waals surface area contributed by atoms with Crippen molar-refractivity contribution in [3.8, 4) is 0 Å². The molecule has 2 aromatic carbocycles. The molecule has 0 heterocycles. The molecule has 0 fully saturated rings. The summed E-state index contributed by atoms with van der Waals surface area (Å²) >= 11 is 9.40. The highest BCUT2D eigenvalue weighted by Gasteiger charge is 2.21. The van der Waals surface area contributed by atoms with Crippen LogP contribution in [0.3, 0.4) is 0 Å². The van der Waals surface area contributed by atoms with Gasteiger partial charge >= 0.3 is 0 Å². The van der Waals surface area contributed by atoms with Crippen LogP contribution >= 0.6 is 27.5 Å². The van der Waals surface area contributed by atoms with Crippen molar-refractivity contribution < 1.29 is 8.78 Å². The van der Waals surface area contributed by atoms with Crippen molar-refractivity contribution in [1.29, 1.82) is 0 Å². The quantitative estimate of drug-likeness (QED) is 0.812. The molecule has 5 heteroatoms. The van der Waals surface area contributed by atoms with E-state index in [0.717, 1.165) is 10.0 Å². The maximum atomic E-state index is 14.2. The number of nitrogens with one attached hydrogen (secondary N) is 1. The summed E-state index contributed by atoms with van der Waals surface area (Å²) in [7, 11) is 1.69. The van der Waals surface area contributed by atoms with Gasteiger partial charge in [0.2, 0.25) is 0 Å². The molecule has 0 saturated heterocycles. The molecule has 0 spiro atoms. The van der Waals surface area contributed by atoms with Crippen LogP contribution in [0.2, 0.25) is 5.02 Å². The first kappa shape index (κ1) is 15.4. The lowest BCUT2D eigenvalue weighted by atomic mass is 9.97. The van der Waals surface area contributed by atoms with Crippen LogP contribution in [0.1, 0.15) is 22.7 Å². The zero-order valence-corrected chi connectivity index (χ0v) is 13.3. The molecule has 20 heavy (non-hydrogen) atoms. The normalized spacial score (nSPS) is 12.5. The molecule has 0 aliphatic heterocycles. The van der Waals surface area contributed by atoms with E-state index in [0.29, 0.717) is 5.02 Å². The number of benzene rings is 2. The van der Waals surface area contributed by atoms with Crippen LogP contribution in [0.5, 0.6) is 0 Å². The van der Waals surface area contributed by atoms with E-state index >= 15 is 0 Å². The minimum Gasteiger partial charge on any atom is -0.309 e. The Kier molecular flexibility index (Phi) is 4.78. The van der Waals surface area contributed by atoms with Crippen LogP contribution in [-0.2, 0) is 0 Å². The predicted molar refractivity (Wildman–Crippen MR) is 81.1 cm³/mol. The topological polar surface area (TPSA) is 12.0 Å². The number of halogens is 4. The second-order valence-corrected chi connectivity index (χ2v) is 5.78. The van der Waals surface area contributed by atoms with E-state index in [2.05, 4.69) is 21.2 Å². The summed E-state index contributed by atoms with van der Waals surface area (Å²) in [5, 5.41) is 3.53. The van der Waals surface area contributed by atoms with Gasteiger partial charge in [0, 0.05) is 15.1 Å². The Morgan fingerprint density at radius 2 is 1.80 bits per heavy atom. The molecule has 106 valence electrons. The van der Waals surface area contributed by atoms with E-state index in [1.807, 2.05) is 0 Å². The standard InChI is InChI=1S/C15H13BrClF2N/c1-8-3-5-10(14(19)13(8)18)15(20-2)11-7-9(17)4-6-12(11)16/h3-7,15,20H,1-2H3. The molecule has 0 aromatic heterocycles. The van der Waals surface area contributed by atoms with Crippen LogP contribution in [0.15, 0.2) is 34.8 Å². The Hall–Kier alpha value is -0.970. The van der Waals surface area contributed by atoms with Crippen molar-refractivity contribution in [2.45, 2.75) is 13.0 Å². The lowest BCUT2D eigenvalue weighted by Crippen LogP contribution is -2.20. The van der Waals surface area contributed by atoms with Gasteiger partial charge in [0.15, 0.2) is 11.6 Å². The van der Waals surface area contributed by atoms with Crippen molar-refractivity contribution in [1.82, 2.24) is 5.32 Å². The third-order valence-corrected chi connectivity index (χ3v) is 4.13. The lowest BCUT2D eigenvalue weighted by molar-refractivity contribution is 0.482. The molecule has 2 aromatic rings. The van der Waals surface area contributed by atoms with Crippen LogP contribution < -0.4 is 5.32 Å². The summed E-state index contributed by atoms with van der Waals surface area (Å²) in [5.74, 6) is -1.66. The average Bonchev–Trinajstić information content (AvgIpc) is 2.43. The molecule has 1 N–H and O–H groups in total. The minimum atomic E-state index is -0.837. The maximum Gasteiger partial charge on any atom is 0.164 e. The fraction of sp³-hybridized carbons (Fsp3) is 0.200. The van der Waals surface area contributed by atoms with Gasteiger partial charge in [0.25, 0.3) is 0 Å². The Morgan fingerprint density at radius 3 is 2.45 bits per heavy atom. The summed E-state index contributed by atoms with van der Waals surface area (Å²) in [6.07, 6.45) is 0. The monoisotopic (exact) mass is 359 g/mol. The van der Waals surface area contributed by atoms with Gasteiger partial charge in [-0.05, 0) is 43.3 Å². The highest BCUT2D eigenvalue weighted by atomic mass is 79.9. The Morgan fingerprint density at radius 1 is 1.10 bits per heavy atom. The predicted octanol–water partition coefficient (Wildman–Crippen LogP) is 5.00. The highest BCUT2D eigenvalue weighted by molar-refractivity contribution is 9.10. The third kappa shape index (κ3) is 2.87. The summed E-state index contributed by atoms with van der Waals surface area (Å²) in [5.41, 5.74) is 1.28. The highest BCUT2D eigenvalue weighted by Crippen LogP contribution is 2.32. The molecule has 0 amide bonds. The number of hydrogen-bond donors (Lipinski definition) is 1. The van der Waals surface area contributed by atoms with E-state index in [1.165, 1.54) is 6.92 Å². The van der Waals surface area contributed by atoms with E-state index in [4.69, 9.17) is 11.6 Å². The van der Waals surface area contributed by atoms with Gasteiger partial charge in [0.05, 0.1) is 6.04 Å². The molecule has 2 rings (SSSR count). The average molecular weight is 361 g/mol. The zero-order chi connectivity index (χ0) is 14.9. The fourth-order valence-electron chi connectivity index (χ4n) is 2.10. The van der Waals surface area contributed by atoms with Crippen LogP contribution in [0.4, 0.5) is 8.78 Å². The van der Waals surface area contributed by atoms with Crippen molar-refractivity contribution in [2.24, 2.45) is 0 Å². The summed E-state index contributed by atoms with van der Waals surface area (Å²) in [6, 6.07) is 7.90. The van der Waals surface area contributed by atoms with Gasteiger partial charge in [-0.2, -0.15) is 0 Å². The molecule has 1 nitrogen and oxygen atoms in total. The summed E-state index contributed by atoms with van der Waals surface area (Å²) < 4.78 is 28.7. The van der Waals surface area contributed by atoms with Gasteiger partial charge in [-0.3, -0.25) is 0 Å². The van der Waals surface area contributed by atoms with E-state index < -0.39 is 17.7 Å². The van der Waals surface area contributed by atoms with Crippen LogP contribution in [0, 0.1) is 18.6 Å². The van der Waals surface area contributed by atoms with Gasteiger partial charge < -0.3 is 5.32 Å². The van der Waals surface area contributed by atoms with Gasteiger partial charge in [-0.15, -0.1) is 0 Å². The second-order valence-electron chi connectivity index (χ2n) is 4.49. The van der Waals surface area contributed by atoms with Crippen molar-refractivity contribution >= 4 is 27.5 Å². The van der Waals surface area contributed by atoms with Crippen molar-refractivity contribution in [2.75, 3.05) is 7.05 Å². The Balaban J connectivity index is 2.58. The van der Waals surface area contributed by atoms with E-state index in [1.54, 1.807) is 37.4 Å². The van der Waals surface area contributed by atoms with Gasteiger partial charge in [0.1, 0.15) is 0 Å². The molecule has 0 saturated carbocycles. The first-order valence-electron chi connectivity index (χ1n) is 6.02. The van der Waals surface area contributed by atoms with Crippen LogP contribution in [0.25, 0.3) is 0 Å². The third-order valence-electron chi connectivity index (χ3n) is 3.17. The Labute approximate surface area is 130 Å². The molecule has 1 unspecified atom stereocenters. The van der Waals surface area contributed by atoms with Crippen LogP contribution in [-0.4, -0.2) is 7.05 Å². The van der Waals surface area contributed by atoms with E-state index in [9.17, 15) is 8.78 Å². The number of hydrogen-bond acceptors (Lipinski definition) is 1. The van der Waals surface area contributed by atoms with Crippen molar-refractivity contribution in [3.63, 3.8) is 0 Å². The lowest BCUT2D eigenvalue weighted by Gasteiger charge is -2.20. The first-order chi connectivity index (χ1) is 9.45. The molecule has 1 atom stereocenters. The molecule has 0 aliphatic carbocycles. The minimum absolute atomic E-state index is 0.249. The van der Waals surface area contributed by atoms with Gasteiger partial charge in [-0.25, -0.2) is 8.78 Å². The molecule has 0 bridgehead atoms. The Bertz CT molecular complexity index is 646. The summed E-state index contributed by atoms with van der Waals surface area (Å²) in [4.78, 5) is 0. The molecular formula is C15H13BrClF2N. The smallest absolute Gasteiger partial charge is 0.164 e. The molecule has 0 radical (unpaired) electrons. The second kappa shape index (κ2) is 6.20. The first-order valence-corrected chi connectivity index (χ1v) is 7.19.